The summed E-state index contributed by atoms with van der Waals surface area (Å²) in [5.74, 6) is 0. The molecule has 0 aromatic heterocycles. The predicted octanol–water partition coefficient (Wildman–Crippen LogP) is -0.165. The zero-order valence-corrected chi connectivity index (χ0v) is 5.35. The maximum Gasteiger partial charge on any atom is 0.232 e. The Morgan fingerprint density at radius 3 is 1.18 bits per heavy atom. The lowest BCUT2D eigenvalue weighted by Gasteiger charge is -2.00. The molecule has 0 spiro atoms. The molecule has 0 aromatic carbocycles. The van der Waals surface area contributed by atoms with Crippen LogP contribution in [0.4, 0.5) is 0 Å². The Balaban J connectivity index is 4.09. The zero-order valence-electron chi connectivity index (χ0n) is 5.35. The van der Waals surface area contributed by atoms with Crippen LogP contribution in [0, 0.1) is 45.3 Å². The number of hydrogen-bond acceptors (Lipinski definition) is 5. The quantitative estimate of drug-likeness (QED) is 0.537. The van der Waals surface area contributed by atoms with Gasteiger partial charge in [-0.2, -0.15) is 21.0 Å². The third kappa shape index (κ3) is 2.82. The second kappa shape index (κ2) is 4.77. The average Bonchev–Trinajstić information content (AvgIpc) is 2.07. The van der Waals surface area contributed by atoms with Crippen LogP contribution in [0.5, 0.6) is 0 Å². The van der Waals surface area contributed by atoms with Gasteiger partial charge in [0.05, 0.1) is 0 Å². The summed E-state index contributed by atoms with van der Waals surface area (Å²) in [5.41, 5.74) is 0. The fourth-order valence-corrected chi connectivity index (χ4v) is 0.316. The van der Waals surface area contributed by atoms with Crippen LogP contribution in [-0.2, 0) is 4.74 Å². The maximum atomic E-state index is 8.15. The van der Waals surface area contributed by atoms with Crippen molar-refractivity contribution in [3.8, 4) is 24.3 Å². The van der Waals surface area contributed by atoms with Gasteiger partial charge in [-0.25, -0.2) is 0 Å². The Morgan fingerprint density at radius 1 is 0.727 bits per heavy atom. The first-order chi connectivity index (χ1) is 5.28. The normalized spacial score (nSPS) is 7.82. The standard InChI is InChI=1S/C6H2N4O/c7-1-5(2-8)11-6(3-9)4-10/h5-6H. The fourth-order valence-electron chi connectivity index (χ4n) is 0.316. The maximum absolute atomic E-state index is 8.15. The predicted molar refractivity (Wildman–Crippen MR) is 31.1 cm³/mol. The van der Waals surface area contributed by atoms with Crippen molar-refractivity contribution >= 4 is 0 Å². The van der Waals surface area contributed by atoms with Crippen molar-refractivity contribution in [2.75, 3.05) is 0 Å². The molecule has 5 nitrogen and oxygen atoms in total. The van der Waals surface area contributed by atoms with Gasteiger partial charge in [-0.3, -0.25) is 0 Å². The van der Waals surface area contributed by atoms with Gasteiger partial charge in [0, 0.05) is 0 Å². The molecule has 0 aliphatic rings. The topological polar surface area (TPSA) is 104 Å². The molecule has 0 heterocycles. The van der Waals surface area contributed by atoms with Gasteiger partial charge < -0.3 is 4.74 Å². The zero-order chi connectivity index (χ0) is 8.69. The van der Waals surface area contributed by atoms with E-state index in [1.54, 1.807) is 0 Å². The Hall–Kier alpha value is -2.08. The van der Waals surface area contributed by atoms with E-state index in [-0.39, 0.29) is 0 Å². The van der Waals surface area contributed by atoms with Crippen molar-refractivity contribution in [3.63, 3.8) is 0 Å². The Labute approximate surface area is 63.2 Å². The highest BCUT2D eigenvalue weighted by Crippen LogP contribution is 1.94. The number of ether oxygens (including phenoxy) is 1. The molecule has 0 amide bonds. The minimum atomic E-state index is -1.35. The summed E-state index contributed by atoms with van der Waals surface area (Å²) in [6, 6.07) is 5.86. The van der Waals surface area contributed by atoms with Crippen LogP contribution in [0.15, 0.2) is 0 Å². The summed E-state index contributed by atoms with van der Waals surface area (Å²) in [4.78, 5) is 0. The van der Waals surface area contributed by atoms with Gasteiger partial charge in [-0.15, -0.1) is 0 Å². The van der Waals surface area contributed by atoms with Crippen molar-refractivity contribution < 1.29 is 4.74 Å². The van der Waals surface area contributed by atoms with Crippen molar-refractivity contribution in [2.24, 2.45) is 0 Å². The molecular weight excluding hydrogens is 144 g/mol. The molecule has 0 saturated carbocycles. The van der Waals surface area contributed by atoms with Crippen LogP contribution < -0.4 is 0 Å². The van der Waals surface area contributed by atoms with Crippen molar-refractivity contribution in [2.45, 2.75) is 12.2 Å². The van der Waals surface area contributed by atoms with Crippen molar-refractivity contribution in [3.05, 3.63) is 0 Å². The van der Waals surface area contributed by atoms with Gasteiger partial charge in [-0.1, -0.05) is 0 Å². The van der Waals surface area contributed by atoms with E-state index in [9.17, 15) is 0 Å². The van der Waals surface area contributed by atoms with Crippen LogP contribution in [0.2, 0.25) is 0 Å². The highest BCUT2D eigenvalue weighted by molar-refractivity contribution is 5.08. The number of hydrogen-bond donors (Lipinski definition) is 0. The average molecular weight is 146 g/mol. The summed E-state index contributed by atoms with van der Waals surface area (Å²) in [5, 5.41) is 32.6. The van der Waals surface area contributed by atoms with Crippen LogP contribution in [-0.4, -0.2) is 12.2 Å². The minimum Gasteiger partial charge on any atom is -0.317 e. The number of rotatable bonds is 2. The van der Waals surface area contributed by atoms with E-state index < -0.39 is 12.2 Å². The molecule has 0 saturated heterocycles. The van der Waals surface area contributed by atoms with E-state index in [0.29, 0.717) is 0 Å². The Kier molecular flexibility index (Phi) is 3.87. The first-order valence-corrected chi connectivity index (χ1v) is 2.52. The van der Waals surface area contributed by atoms with E-state index in [1.165, 1.54) is 24.3 Å². The highest BCUT2D eigenvalue weighted by atomic mass is 16.5. The molecule has 5 heteroatoms. The van der Waals surface area contributed by atoms with Crippen LogP contribution in [0.25, 0.3) is 0 Å². The molecule has 52 valence electrons. The summed E-state index contributed by atoms with van der Waals surface area (Å²) < 4.78 is 4.40. The van der Waals surface area contributed by atoms with Crippen LogP contribution >= 0.6 is 0 Å². The number of nitrogens with zero attached hydrogens (tertiary/aromatic N) is 4. The largest absolute Gasteiger partial charge is 0.317 e. The summed E-state index contributed by atoms with van der Waals surface area (Å²) in [6.07, 6.45) is -2.70. The fraction of sp³-hybridized carbons (Fsp3) is 0.333. The minimum absolute atomic E-state index is 1.35. The molecule has 0 radical (unpaired) electrons. The van der Waals surface area contributed by atoms with E-state index in [1.807, 2.05) is 0 Å². The summed E-state index contributed by atoms with van der Waals surface area (Å²) >= 11 is 0. The molecule has 0 aliphatic carbocycles. The van der Waals surface area contributed by atoms with Crippen molar-refractivity contribution in [1.82, 2.24) is 0 Å². The second-order valence-electron chi connectivity index (χ2n) is 1.41. The molecule has 0 rings (SSSR count). The first-order valence-electron chi connectivity index (χ1n) is 2.52. The van der Waals surface area contributed by atoms with Gasteiger partial charge in [-0.05, 0) is 0 Å². The molecule has 11 heavy (non-hydrogen) atoms. The summed E-state index contributed by atoms with van der Waals surface area (Å²) in [7, 11) is 0. The molecular formula is C6H2N4O. The van der Waals surface area contributed by atoms with E-state index in [0.717, 1.165) is 0 Å². The molecule has 0 aliphatic heterocycles. The van der Waals surface area contributed by atoms with Crippen LogP contribution in [0.3, 0.4) is 0 Å². The van der Waals surface area contributed by atoms with Gasteiger partial charge >= 0.3 is 0 Å². The molecule has 0 aromatic rings. The molecule has 0 bridgehead atoms. The van der Waals surface area contributed by atoms with Gasteiger partial charge in [0.1, 0.15) is 24.3 Å². The molecule has 0 atom stereocenters. The highest BCUT2D eigenvalue weighted by Gasteiger charge is 2.13. The number of nitriles is 4. The monoisotopic (exact) mass is 146 g/mol. The SMILES string of the molecule is N#CC(C#N)OC(C#N)C#N. The molecule has 0 fully saturated rings. The lowest BCUT2D eigenvalue weighted by molar-refractivity contribution is 0.114. The van der Waals surface area contributed by atoms with Gasteiger partial charge in [0.25, 0.3) is 0 Å². The molecule has 0 unspecified atom stereocenters. The van der Waals surface area contributed by atoms with E-state index in [4.69, 9.17) is 21.0 Å². The second-order valence-corrected chi connectivity index (χ2v) is 1.41. The van der Waals surface area contributed by atoms with E-state index >= 15 is 0 Å². The third-order valence-corrected chi connectivity index (χ3v) is 0.741. The Morgan fingerprint density at radius 2 is 1.00 bits per heavy atom. The van der Waals surface area contributed by atoms with Crippen molar-refractivity contribution in [1.29, 1.82) is 21.0 Å². The van der Waals surface area contributed by atoms with Crippen LogP contribution in [0.1, 0.15) is 0 Å². The first kappa shape index (κ1) is 8.92. The summed E-state index contributed by atoms with van der Waals surface area (Å²) in [6.45, 7) is 0. The lowest BCUT2D eigenvalue weighted by Crippen LogP contribution is -2.16. The molecule has 0 N–H and O–H groups in total. The third-order valence-electron chi connectivity index (χ3n) is 0.741. The lowest BCUT2D eigenvalue weighted by atomic mass is 10.4. The van der Waals surface area contributed by atoms with E-state index in [2.05, 4.69) is 4.74 Å². The smallest absolute Gasteiger partial charge is 0.232 e. The van der Waals surface area contributed by atoms with Gasteiger partial charge in [0.15, 0.2) is 0 Å². The van der Waals surface area contributed by atoms with Gasteiger partial charge in [0.2, 0.25) is 12.2 Å². The Bertz CT molecular complexity index is 226.